The van der Waals surface area contributed by atoms with E-state index in [9.17, 15) is 17.6 Å². The van der Waals surface area contributed by atoms with Gasteiger partial charge in [0.2, 0.25) is 15.6 Å². The summed E-state index contributed by atoms with van der Waals surface area (Å²) in [6.07, 6.45) is 0. The Morgan fingerprint density at radius 3 is 2.22 bits per heavy atom. The normalized spacial score (nSPS) is 11.3. The number of nitrogen functional groups attached to an aromatic ring is 1. The van der Waals surface area contributed by atoms with Crippen LogP contribution < -0.4 is 11.1 Å². The first-order valence-corrected chi connectivity index (χ1v) is 12.0. The number of benzene rings is 3. The van der Waals surface area contributed by atoms with Crippen LogP contribution in [0.2, 0.25) is 5.02 Å². The van der Waals surface area contributed by atoms with Gasteiger partial charge in [0.15, 0.2) is 0 Å². The van der Waals surface area contributed by atoms with Crippen LogP contribution >= 0.6 is 22.9 Å². The van der Waals surface area contributed by atoms with E-state index < -0.39 is 21.4 Å². The van der Waals surface area contributed by atoms with Gasteiger partial charge in [0.25, 0.3) is 0 Å². The standard InChI is InChI=1S/C23H16ClFN2O3S2/c24-15-12-10-14(11-13-15)20(28)21-19(26)22(32(29,30)16-6-2-1-3-7-16)23(31-21)27-18-9-5-4-8-17(18)25/h1-13,27H,26H2. The van der Waals surface area contributed by atoms with Gasteiger partial charge >= 0.3 is 0 Å². The molecule has 4 rings (SSSR count). The molecule has 0 amide bonds. The fraction of sp³-hybridized carbons (Fsp3) is 0. The van der Waals surface area contributed by atoms with E-state index >= 15 is 0 Å². The summed E-state index contributed by atoms with van der Waals surface area (Å²) < 4.78 is 41.1. The first kappa shape index (κ1) is 22.0. The van der Waals surface area contributed by atoms with E-state index in [-0.39, 0.29) is 31.0 Å². The fourth-order valence-electron chi connectivity index (χ4n) is 3.08. The summed E-state index contributed by atoms with van der Waals surface area (Å²) in [6, 6.07) is 19.7. The molecule has 0 atom stereocenters. The zero-order valence-electron chi connectivity index (χ0n) is 16.4. The third-order valence-electron chi connectivity index (χ3n) is 4.66. The molecule has 0 aliphatic rings. The molecule has 0 saturated heterocycles. The largest absolute Gasteiger partial charge is 0.396 e. The topological polar surface area (TPSA) is 89.3 Å². The molecule has 0 aliphatic carbocycles. The van der Waals surface area contributed by atoms with Gasteiger partial charge in [-0.1, -0.05) is 41.9 Å². The van der Waals surface area contributed by atoms with E-state index in [0.29, 0.717) is 10.6 Å². The molecule has 5 nitrogen and oxygen atoms in total. The van der Waals surface area contributed by atoms with Gasteiger partial charge in [0, 0.05) is 10.6 Å². The third kappa shape index (κ3) is 4.12. The van der Waals surface area contributed by atoms with E-state index in [1.165, 1.54) is 42.5 Å². The van der Waals surface area contributed by atoms with Crippen molar-refractivity contribution in [3.05, 3.63) is 100 Å². The van der Waals surface area contributed by atoms with Gasteiger partial charge in [-0.05, 0) is 48.5 Å². The Morgan fingerprint density at radius 2 is 1.56 bits per heavy atom. The number of ketones is 1. The lowest BCUT2D eigenvalue weighted by Crippen LogP contribution is -2.08. The molecule has 0 saturated carbocycles. The highest BCUT2D eigenvalue weighted by Crippen LogP contribution is 2.44. The third-order valence-corrected chi connectivity index (χ3v) is 8.01. The number of hydrogen-bond acceptors (Lipinski definition) is 6. The zero-order chi connectivity index (χ0) is 22.9. The fourth-order valence-corrected chi connectivity index (χ4v) is 6.15. The number of rotatable bonds is 6. The van der Waals surface area contributed by atoms with Crippen LogP contribution in [-0.2, 0) is 9.84 Å². The van der Waals surface area contributed by atoms with Crippen molar-refractivity contribution in [2.24, 2.45) is 0 Å². The maximum atomic E-state index is 14.3. The number of hydrogen-bond donors (Lipinski definition) is 2. The monoisotopic (exact) mass is 486 g/mol. The maximum absolute atomic E-state index is 14.3. The van der Waals surface area contributed by atoms with Gasteiger partial charge in [0.05, 0.1) is 16.3 Å². The molecule has 3 aromatic carbocycles. The van der Waals surface area contributed by atoms with Crippen molar-refractivity contribution < 1.29 is 17.6 Å². The highest BCUT2D eigenvalue weighted by Gasteiger charge is 2.31. The maximum Gasteiger partial charge on any atom is 0.211 e. The summed E-state index contributed by atoms with van der Waals surface area (Å²) in [5, 5.41) is 3.31. The van der Waals surface area contributed by atoms with Gasteiger partial charge in [0.1, 0.15) is 20.6 Å². The highest BCUT2D eigenvalue weighted by atomic mass is 35.5. The summed E-state index contributed by atoms with van der Waals surface area (Å²) in [5.41, 5.74) is 6.40. The number of sulfone groups is 1. The average Bonchev–Trinajstić information content (AvgIpc) is 3.12. The second kappa shape index (κ2) is 8.74. The molecule has 0 spiro atoms. The molecular weight excluding hydrogens is 471 g/mol. The first-order valence-electron chi connectivity index (χ1n) is 9.33. The molecule has 3 N–H and O–H groups in total. The van der Waals surface area contributed by atoms with Gasteiger partial charge in [-0.25, -0.2) is 12.8 Å². The molecule has 0 radical (unpaired) electrons. The van der Waals surface area contributed by atoms with Crippen LogP contribution in [0.25, 0.3) is 0 Å². The Hall–Kier alpha value is -3.20. The van der Waals surface area contributed by atoms with Crippen molar-refractivity contribution in [2.75, 3.05) is 11.1 Å². The van der Waals surface area contributed by atoms with Crippen molar-refractivity contribution in [3.63, 3.8) is 0 Å². The van der Waals surface area contributed by atoms with E-state index in [4.69, 9.17) is 17.3 Å². The lowest BCUT2D eigenvalue weighted by Gasteiger charge is -2.10. The number of carbonyl (C=O) groups is 1. The Labute approximate surface area is 193 Å². The molecule has 0 aliphatic heterocycles. The van der Waals surface area contributed by atoms with Crippen LogP contribution in [0.4, 0.5) is 20.8 Å². The summed E-state index contributed by atoms with van der Waals surface area (Å²) in [5.74, 6) is -1.04. The van der Waals surface area contributed by atoms with Crippen molar-refractivity contribution in [3.8, 4) is 0 Å². The Morgan fingerprint density at radius 1 is 0.938 bits per heavy atom. The van der Waals surface area contributed by atoms with Crippen LogP contribution in [0.3, 0.4) is 0 Å². The van der Waals surface area contributed by atoms with E-state index in [1.54, 1.807) is 36.4 Å². The SMILES string of the molecule is Nc1c(C(=O)c2ccc(Cl)cc2)sc(Nc2ccccc2F)c1S(=O)(=O)c1ccccc1. The van der Waals surface area contributed by atoms with Crippen molar-refractivity contribution >= 4 is 54.9 Å². The van der Waals surface area contributed by atoms with Gasteiger partial charge < -0.3 is 11.1 Å². The lowest BCUT2D eigenvalue weighted by atomic mass is 10.1. The summed E-state index contributed by atoms with van der Waals surface area (Å²) >= 11 is 6.75. The molecular formula is C23H16ClFN2O3S2. The molecule has 162 valence electrons. The molecule has 9 heteroatoms. The molecule has 32 heavy (non-hydrogen) atoms. The number of nitrogens with one attached hydrogen (secondary N) is 1. The molecule has 1 aromatic heterocycles. The summed E-state index contributed by atoms with van der Waals surface area (Å²) in [6.45, 7) is 0. The Balaban J connectivity index is 1.89. The van der Waals surface area contributed by atoms with Crippen molar-refractivity contribution in [2.45, 2.75) is 9.79 Å². The zero-order valence-corrected chi connectivity index (χ0v) is 18.8. The highest BCUT2D eigenvalue weighted by molar-refractivity contribution is 7.92. The second-order valence-electron chi connectivity index (χ2n) is 6.76. The lowest BCUT2D eigenvalue weighted by molar-refractivity contribution is 0.104. The Bertz CT molecular complexity index is 1400. The van der Waals surface area contributed by atoms with Crippen LogP contribution in [0, 0.1) is 5.82 Å². The predicted octanol–water partition coefficient (Wildman–Crippen LogP) is 5.93. The van der Waals surface area contributed by atoms with Gasteiger partial charge in [-0.3, -0.25) is 4.79 Å². The quantitative estimate of drug-likeness (QED) is 0.330. The number of para-hydroxylation sites is 1. The van der Waals surface area contributed by atoms with Crippen molar-refractivity contribution in [1.82, 2.24) is 0 Å². The minimum absolute atomic E-state index is 0.00609. The van der Waals surface area contributed by atoms with Crippen LogP contribution in [-0.4, -0.2) is 14.2 Å². The number of halogens is 2. The molecule has 0 bridgehead atoms. The van der Waals surface area contributed by atoms with Crippen LogP contribution in [0.15, 0.2) is 88.7 Å². The van der Waals surface area contributed by atoms with Crippen LogP contribution in [0.5, 0.6) is 0 Å². The minimum Gasteiger partial charge on any atom is -0.396 e. The number of thiophene rings is 1. The number of carbonyl (C=O) groups excluding carboxylic acids is 1. The average molecular weight is 487 g/mol. The van der Waals surface area contributed by atoms with E-state index in [2.05, 4.69) is 5.32 Å². The minimum atomic E-state index is -4.11. The van der Waals surface area contributed by atoms with Crippen LogP contribution in [0.1, 0.15) is 15.2 Å². The molecule has 0 fully saturated rings. The summed E-state index contributed by atoms with van der Waals surface area (Å²) in [7, 11) is -4.11. The van der Waals surface area contributed by atoms with E-state index in [0.717, 1.165) is 11.3 Å². The molecule has 1 heterocycles. The molecule has 4 aromatic rings. The van der Waals surface area contributed by atoms with E-state index in [1.807, 2.05) is 0 Å². The summed E-state index contributed by atoms with van der Waals surface area (Å²) in [4.78, 5) is 12.9. The smallest absolute Gasteiger partial charge is 0.211 e. The number of anilines is 3. The Kier molecular flexibility index (Phi) is 6.01. The van der Waals surface area contributed by atoms with Gasteiger partial charge in [-0.2, -0.15) is 0 Å². The second-order valence-corrected chi connectivity index (χ2v) is 10.1. The predicted molar refractivity (Wildman–Crippen MR) is 125 cm³/mol. The molecule has 0 unspecified atom stereocenters. The van der Waals surface area contributed by atoms with Gasteiger partial charge in [-0.15, -0.1) is 11.3 Å². The first-order chi connectivity index (χ1) is 15.3. The van der Waals surface area contributed by atoms with Crippen molar-refractivity contribution in [1.29, 1.82) is 0 Å². The number of nitrogens with two attached hydrogens (primary N) is 1.